The van der Waals surface area contributed by atoms with Gasteiger partial charge in [0.2, 0.25) is 10.0 Å². The Hall–Kier alpha value is -0.250. The number of aliphatic hydroxyl groups excluding tert-OH is 1. The quantitative estimate of drug-likeness (QED) is 0.762. The monoisotopic (exact) mass is 398 g/mol. The van der Waals surface area contributed by atoms with E-state index in [0.29, 0.717) is 30.4 Å². The van der Waals surface area contributed by atoms with E-state index in [4.69, 9.17) is 21.4 Å². The van der Waals surface area contributed by atoms with Crippen LogP contribution in [0.2, 0.25) is 5.15 Å². The van der Waals surface area contributed by atoms with Gasteiger partial charge in [0.1, 0.15) is 10.0 Å². The number of aliphatic hydroxyl groups is 1. The molecule has 1 saturated heterocycles. The molecule has 1 aromatic heterocycles. The van der Waals surface area contributed by atoms with E-state index in [0.717, 1.165) is 0 Å². The second-order valence-corrected chi connectivity index (χ2v) is 7.82. The minimum atomic E-state index is -3.66. The Balaban J connectivity index is 2.10. The highest BCUT2D eigenvalue weighted by atomic mass is 79.9. The maximum absolute atomic E-state index is 12.6. The minimum absolute atomic E-state index is 0.00766. The third-order valence-electron chi connectivity index (χ3n) is 3.24. The number of halogens is 2. The van der Waals surface area contributed by atoms with Crippen molar-refractivity contribution >= 4 is 37.6 Å². The van der Waals surface area contributed by atoms with Crippen LogP contribution in [-0.4, -0.2) is 55.2 Å². The van der Waals surface area contributed by atoms with Crippen molar-refractivity contribution < 1.29 is 18.3 Å². The molecule has 0 unspecified atom stereocenters. The molecule has 0 aromatic carbocycles. The van der Waals surface area contributed by atoms with E-state index in [-0.39, 0.29) is 29.4 Å². The van der Waals surface area contributed by atoms with Gasteiger partial charge < -0.3 is 9.84 Å². The smallest absolute Gasteiger partial charge is 0.246 e. The summed E-state index contributed by atoms with van der Waals surface area (Å²) in [5.41, 5.74) is 0. The van der Waals surface area contributed by atoms with Gasteiger partial charge in [0.25, 0.3) is 0 Å². The summed E-state index contributed by atoms with van der Waals surface area (Å²) in [6.07, 6.45) is 2.63. The van der Waals surface area contributed by atoms with Crippen LogP contribution in [0.1, 0.15) is 12.8 Å². The predicted octanol–water partition coefficient (Wildman–Crippen LogP) is 1.66. The zero-order valence-corrected chi connectivity index (χ0v) is 14.4. The molecule has 21 heavy (non-hydrogen) atoms. The summed E-state index contributed by atoms with van der Waals surface area (Å²) >= 11 is 9.11. The molecule has 0 saturated carbocycles. The van der Waals surface area contributed by atoms with Crippen molar-refractivity contribution in [3.05, 3.63) is 21.9 Å². The van der Waals surface area contributed by atoms with Crippen molar-refractivity contribution in [1.82, 2.24) is 9.29 Å². The molecule has 0 bridgehead atoms. The van der Waals surface area contributed by atoms with E-state index in [1.54, 1.807) is 0 Å². The van der Waals surface area contributed by atoms with Gasteiger partial charge in [0.05, 0.1) is 19.3 Å². The van der Waals surface area contributed by atoms with Gasteiger partial charge in [0, 0.05) is 23.8 Å². The number of pyridine rings is 1. The topological polar surface area (TPSA) is 79.7 Å². The Kier molecular flexibility index (Phi) is 5.98. The lowest BCUT2D eigenvalue weighted by atomic mass is 10.1. The highest BCUT2D eigenvalue weighted by Crippen LogP contribution is 2.28. The molecule has 0 atom stereocenters. The third-order valence-corrected chi connectivity index (χ3v) is 6.00. The molecular formula is C12H16BrClN2O4S. The number of ether oxygens (including phenoxy) is 1. The number of nitrogens with zero attached hydrogens (tertiary/aromatic N) is 2. The molecule has 9 heteroatoms. The number of rotatable bonds is 5. The van der Waals surface area contributed by atoms with Gasteiger partial charge in [-0.2, -0.15) is 4.31 Å². The molecule has 1 aliphatic rings. The SMILES string of the molecule is O=S(=O)(c1cc(Br)cnc1Cl)N1CCC(OCCO)CC1. The molecule has 1 N–H and O–H groups in total. The van der Waals surface area contributed by atoms with Gasteiger partial charge in [-0.25, -0.2) is 13.4 Å². The Bertz CT molecular complexity index is 591. The standard InChI is InChI=1S/C12H16BrClN2O4S/c13-9-7-11(12(14)15-8-9)21(18,19)16-3-1-10(2-4-16)20-6-5-17/h7-8,10,17H,1-6H2. The maximum Gasteiger partial charge on any atom is 0.246 e. The summed E-state index contributed by atoms with van der Waals surface area (Å²) in [7, 11) is -3.66. The van der Waals surface area contributed by atoms with Crippen LogP contribution in [0.25, 0.3) is 0 Å². The zero-order chi connectivity index (χ0) is 15.5. The summed E-state index contributed by atoms with van der Waals surface area (Å²) in [4.78, 5) is 3.86. The van der Waals surface area contributed by atoms with Gasteiger partial charge in [-0.3, -0.25) is 0 Å². The number of sulfonamides is 1. The first-order valence-corrected chi connectivity index (χ1v) is 9.10. The maximum atomic E-state index is 12.6. The van der Waals surface area contributed by atoms with Gasteiger partial charge in [-0.15, -0.1) is 0 Å². The van der Waals surface area contributed by atoms with Crippen LogP contribution < -0.4 is 0 Å². The molecule has 0 spiro atoms. The van der Waals surface area contributed by atoms with Crippen molar-refractivity contribution in [2.45, 2.75) is 23.8 Å². The van der Waals surface area contributed by atoms with Crippen LogP contribution >= 0.6 is 27.5 Å². The van der Waals surface area contributed by atoms with E-state index in [9.17, 15) is 8.42 Å². The first kappa shape index (κ1) is 17.1. The fourth-order valence-electron chi connectivity index (χ4n) is 2.18. The normalized spacial score (nSPS) is 18.0. The summed E-state index contributed by atoms with van der Waals surface area (Å²) < 4.78 is 32.5. The van der Waals surface area contributed by atoms with Gasteiger partial charge >= 0.3 is 0 Å². The van der Waals surface area contributed by atoms with Crippen LogP contribution in [0, 0.1) is 0 Å². The highest BCUT2D eigenvalue weighted by molar-refractivity contribution is 9.10. The van der Waals surface area contributed by atoms with Crippen LogP contribution in [0.4, 0.5) is 0 Å². The summed E-state index contributed by atoms with van der Waals surface area (Å²) in [6.45, 7) is 0.971. The molecule has 2 rings (SSSR count). The third kappa shape index (κ3) is 4.14. The molecule has 118 valence electrons. The van der Waals surface area contributed by atoms with E-state index >= 15 is 0 Å². The van der Waals surface area contributed by atoms with E-state index in [1.165, 1.54) is 16.6 Å². The summed E-state index contributed by atoms with van der Waals surface area (Å²) in [6, 6.07) is 1.46. The molecule has 2 heterocycles. The predicted molar refractivity (Wildman–Crippen MR) is 81.8 cm³/mol. The minimum Gasteiger partial charge on any atom is -0.394 e. The lowest BCUT2D eigenvalue weighted by Crippen LogP contribution is -2.41. The van der Waals surface area contributed by atoms with Gasteiger partial charge in [-0.1, -0.05) is 11.6 Å². The Labute approximate surface area is 137 Å². The molecule has 1 aliphatic heterocycles. The lowest BCUT2D eigenvalue weighted by Gasteiger charge is -2.31. The average molecular weight is 400 g/mol. The van der Waals surface area contributed by atoms with E-state index in [2.05, 4.69) is 20.9 Å². The first-order chi connectivity index (χ1) is 9.95. The van der Waals surface area contributed by atoms with Crippen molar-refractivity contribution in [3.8, 4) is 0 Å². The van der Waals surface area contributed by atoms with Crippen LogP contribution in [0.3, 0.4) is 0 Å². The number of hydrogen-bond acceptors (Lipinski definition) is 5. The lowest BCUT2D eigenvalue weighted by molar-refractivity contribution is 0.00318. The van der Waals surface area contributed by atoms with Crippen molar-refractivity contribution in [2.75, 3.05) is 26.3 Å². The van der Waals surface area contributed by atoms with Gasteiger partial charge in [0.15, 0.2) is 0 Å². The number of aromatic nitrogens is 1. The molecule has 1 fully saturated rings. The Morgan fingerprint density at radius 1 is 1.48 bits per heavy atom. The van der Waals surface area contributed by atoms with Crippen molar-refractivity contribution in [3.63, 3.8) is 0 Å². The van der Waals surface area contributed by atoms with Crippen molar-refractivity contribution in [1.29, 1.82) is 0 Å². The van der Waals surface area contributed by atoms with Crippen molar-refractivity contribution in [2.24, 2.45) is 0 Å². The first-order valence-electron chi connectivity index (χ1n) is 6.49. The van der Waals surface area contributed by atoms with E-state index in [1.807, 2.05) is 0 Å². The van der Waals surface area contributed by atoms with Crippen LogP contribution in [0.5, 0.6) is 0 Å². The molecule has 0 radical (unpaired) electrons. The fraction of sp³-hybridized carbons (Fsp3) is 0.583. The number of piperidine rings is 1. The molecule has 6 nitrogen and oxygen atoms in total. The van der Waals surface area contributed by atoms with Gasteiger partial charge in [-0.05, 0) is 34.8 Å². The number of hydrogen-bond donors (Lipinski definition) is 1. The zero-order valence-electron chi connectivity index (χ0n) is 11.2. The summed E-state index contributed by atoms with van der Waals surface area (Å²) in [5.74, 6) is 0. The molecule has 0 aliphatic carbocycles. The van der Waals surface area contributed by atoms with Crippen LogP contribution in [0.15, 0.2) is 21.6 Å². The fourth-order valence-corrected chi connectivity index (χ4v) is 4.57. The average Bonchev–Trinajstić information content (AvgIpc) is 2.48. The Morgan fingerprint density at radius 3 is 2.76 bits per heavy atom. The second kappa shape index (κ2) is 7.34. The second-order valence-electron chi connectivity index (χ2n) is 4.64. The molecular weight excluding hydrogens is 384 g/mol. The van der Waals surface area contributed by atoms with Crippen LogP contribution in [-0.2, 0) is 14.8 Å². The highest BCUT2D eigenvalue weighted by Gasteiger charge is 2.31. The molecule has 0 amide bonds. The molecule has 1 aromatic rings. The van der Waals surface area contributed by atoms with E-state index < -0.39 is 10.0 Å². The summed E-state index contributed by atoms with van der Waals surface area (Å²) in [5, 5.41) is 8.70. The largest absolute Gasteiger partial charge is 0.394 e. The Morgan fingerprint density at radius 2 is 2.14 bits per heavy atom.